The van der Waals surface area contributed by atoms with Gasteiger partial charge in [0.2, 0.25) is 0 Å². The second kappa shape index (κ2) is 3.88. The van der Waals surface area contributed by atoms with E-state index in [1.807, 2.05) is 12.1 Å². The third-order valence-corrected chi connectivity index (χ3v) is 1.69. The predicted octanol–water partition coefficient (Wildman–Crippen LogP) is 1.24. The van der Waals surface area contributed by atoms with E-state index < -0.39 is 0 Å². The van der Waals surface area contributed by atoms with Crippen molar-refractivity contribution in [1.82, 2.24) is 4.98 Å². The van der Waals surface area contributed by atoms with Crippen LogP contribution in [0.1, 0.15) is 18.0 Å². The van der Waals surface area contributed by atoms with E-state index in [-0.39, 0.29) is 6.04 Å². The lowest BCUT2D eigenvalue weighted by Gasteiger charge is -2.10. The predicted molar refractivity (Wildman–Crippen MR) is 50.4 cm³/mol. The summed E-state index contributed by atoms with van der Waals surface area (Å²) >= 11 is 0. The number of anilines is 1. The average Bonchev–Trinajstić information content (AvgIpc) is 2.05. The third kappa shape index (κ3) is 1.83. The van der Waals surface area contributed by atoms with Crippen LogP contribution in [0.15, 0.2) is 31.0 Å². The molecule has 1 atom stereocenters. The average molecular weight is 163 g/mol. The largest absolute Gasteiger partial charge is 0.383 e. The van der Waals surface area contributed by atoms with E-state index in [9.17, 15) is 0 Å². The zero-order valence-corrected chi connectivity index (χ0v) is 6.90. The van der Waals surface area contributed by atoms with Gasteiger partial charge < -0.3 is 11.5 Å². The minimum Gasteiger partial charge on any atom is -0.383 e. The van der Waals surface area contributed by atoms with Gasteiger partial charge in [-0.2, -0.15) is 0 Å². The van der Waals surface area contributed by atoms with Crippen molar-refractivity contribution in [1.29, 1.82) is 0 Å². The number of nitrogens with two attached hydrogens (primary N) is 2. The molecular weight excluding hydrogens is 150 g/mol. The number of hydrogen-bond acceptors (Lipinski definition) is 3. The Hall–Kier alpha value is -1.35. The molecule has 0 aliphatic heterocycles. The normalized spacial score (nSPS) is 12.4. The highest BCUT2D eigenvalue weighted by Crippen LogP contribution is 2.18. The SMILES string of the molecule is C=CCC(N)c1cccnc1N. The fourth-order valence-corrected chi connectivity index (χ4v) is 1.05. The summed E-state index contributed by atoms with van der Waals surface area (Å²) in [6.45, 7) is 3.61. The van der Waals surface area contributed by atoms with Crippen molar-refractivity contribution >= 4 is 5.82 Å². The summed E-state index contributed by atoms with van der Waals surface area (Å²) < 4.78 is 0. The fourth-order valence-electron chi connectivity index (χ4n) is 1.05. The van der Waals surface area contributed by atoms with E-state index >= 15 is 0 Å². The first-order valence-electron chi connectivity index (χ1n) is 3.82. The molecule has 64 valence electrons. The molecule has 1 aromatic heterocycles. The van der Waals surface area contributed by atoms with Crippen LogP contribution < -0.4 is 11.5 Å². The van der Waals surface area contributed by atoms with Crippen molar-refractivity contribution in [3.63, 3.8) is 0 Å². The highest BCUT2D eigenvalue weighted by Gasteiger charge is 2.06. The van der Waals surface area contributed by atoms with Gasteiger partial charge in [-0.1, -0.05) is 12.1 Å². The molecule has 0 radical (unpaired) electrons. The molecule has 12 heavy (non-hydrogen) atoms. The highest BCUT2D eigenvalue weighted by atomic mass is 14.8. The number of rotatable bonds is 3. The molecule has 0 saturated heterocycles. The molecule has 3 nitrogen and oxygen atoms in total. The molecule has 1 heterocycles. The maximum Gasteiger partial charge on any atom is 0.128 e. The molecule has 1 unspecified atom stereocenters. The van der Waals surface area contributed by atoms with E-state index in [4.69, 9.17) is 11.5 Å². The van der Waals surface area contributed by atoms with E-state index in [0.717, 1.165) is 12.0 Å². The van der Waals surface area contributed by atoms with Gasteiger partial charge in [0.25, 0.3) is 0 Å². The molecule has 0 fully saturated rings. The summed E-state index contributed by atoms with van der Waals surface area (Å²) in [5, 5.41) is 0. The van der Waals surface area contributed by atoms with Gasteiger partial charge >= 0.3 is 0 Å². The monoisotopic (exact) mass is 163 g/mol. The van der Waals surface area contributed by atoms with Crippen molar-refractivity contribution in [2.75, 3.05) is 5.73 Å². The van der Waals surface area contributed by atoms with Crippen LogP contribution >= 0.6 is 0 Å². The molecule has 1 aromatic rings. The molecule has 0 amide bonds. The second-order valence-electron chi connectivity index (χ2n) is 2.61. The lowest BCUT2D eigenvalue weighted by Crippen LogP contribution is -2.12. The van der Waals surface area contributed by atoms with Gasteiger partial charge in [-0.05, 0) is 12.5 Å². The van der Waals surface area contributed by atoms with Crippen LogP contribution in [-0.4, -0.2) is 4.98 Å². The highest BCUT2D eigenvalue weighted by molar-refractivity contribution is 5.40. The number of nitrogen functional groups attached to an aromatic ring is 1. The van der Waals surface area contributed by atoms with Gasteiger partial charge in [-0.15, -0.1) is 6.58 Å². The zero-order chi connectivity index (χ0) is 8.97. The summed E-state index contributed by atoms with van der Waals surface area (Å²) in [6.07, 6.45) is 4.15. The van der Waals surface area contributed by atoms with Crippen molar-refractivity contribution in [2.24, 2.45) is 5.73 Å². The number of pyridine rings is 1. The maximum absolute atomic E-state index is 5.82. The van der Waals surface area contributed by atoms with E-state index in [2.05, 4.69) is 11.6 Å². The van der Waals surface area contributed by atoms with Crippen LogP contribution in [0.5, 0.6) is 0 Å². The molecule has 3 heteroatoms. The molecule has 0 saturated carbocycles. The van der Waals surface area contributed by atoms with Crippen LogP contribution in [0.2, 0.25) is 0 Å². The molecule has 0 bridgehead atoms. The minimum absolute atomic E-state index is 0.0869. The second-order valence-corrected chi connectivity index (χ2v) is 2.61. The first-order valence-corrected chi connectivity index (χ1v) is 3.82. The van der Waals surface area contributed by atoms with Crippen LogP contribution in [0, 0.1) is 0 Å². The van der Waals surface area contributed by atoms with Crippen molar-refractivity contribution < 1.29 is 0 Å². The van der Waals surface area contributed by atoms with E-state index in [0.29, 0.717) is 5.82 Å². The molecule has 0 spiro atoms. The Kier molecular flexibility index (Phi) is 2.82. The molecule has 1 rings (SSSR count). The Morgan fingerprint density at radius 1 is 1.67 bits per heavy atom. The van der Waals surface area contributed by atoms with Crippen LogP contribution in [0.3, 0.4) is 0 Å². The van der Waals surface area contributed by atoms with Gasteiger partial charge in [-0.25, -0.2) is 4.98 Å². The summed E-state index contributed by atoms with van der Waals surface area (Å²) in [7, 11) is 0. The van der Waals surface area contributed by atoms with E-state index in [1.165, 1.54) is 0 Å². The lowest BCUT2D eigenvalue weighted by molar-refractivity contribution is 0.741. The Morgan fingerprint density at radius 3 is 3.00 bits per heavy atom. The lowest BCUT2D eigenvalue weighted by atomic mass is 10.1. The molecular formula is C9H13N3. The summed E-state index contributed by atoms with van der Waals surface area (Å²) in [6, 6.07) is 3.63. The Morgan fingerprint density at radius 2 is 2.42 bits per heavy atom. The Labute approximate surface area is 72.1 Å². The smallest absolute Gasteiger partial charge is 0.128 e. The van der Waals surface area contributed by atoms with Crippen LogP contribution in [-0.2, 0) is 0 Å². The number of nitrogens with zero attached hydrogens (tertiary/aromatic N) is 1. The summed E-state index contributed by atoms with van der Waals surface area (Å²) in [5.41, 5.74) is 12.3. The number of hydrogen-bond donors (Lipinski definition) is 2. The van der Waals surface area contributed by atoms with Gasteiger partial charge in [0.1, 0.15) is 5.82 Å². The standard InChI is InChI=1S/C9H13N3/c1-2-4-8(10)7-5-3-6-12-9(7)11/h2-3,5-6,8H,1,4,10H2,(H2,11,12). The molecule has 0 aromatic carbocycles. The van der Waals surface area contributed by atoms with E-state index in [1.54, 1.807) is 12.3 Å². The first-order chi connectivity index (χ1) is 5.75. The van der Waals surface area contributed by atoms with Gasteiger partial charge in [0, 0.05) is 17.8 Å². The minimum atomic E-state index is -0.0869. The fraction of sp³-hybridized carbons (Fsp3) is 0.222. The van der Waals surface area contributed by atoms with Gasteiger partial charge in [0.15, 0.2) is 0 Å². The van der Waals surface area contributed by atoms with Crippen LogP contribution in [0.4, 0.5) is 5.82 Å². The topological polar surface area (TPSA) is 64.9 Å². The summed E-state index contributed by atoms with van der Waals surface area (Å²) in [5.74, 6) is 0.506. The van der Waals surface area contributed by atoms with Crippen molar-refractivity contribution in [3.8, 4) is 0 Å². The molecule has 0 aliphatic rings. The van der Waals surface area contributed by atoms with Crippen molar-refractivity contribution in [2.45, 2.75) is 12.5 Å². The quantitative estimate of drug-likeness (QED) is 0.659. The van der Waals surface area contributed by atoms with Gasteiger partial charge in [0.05, 0.1) is 0 Å². The zero-order valence-electron chi connectivity index (χ0n) is 6.90. The molecule has 4 N–H and O–H groups in total. The van der Waals surface area contributed by atoms with Crippen molar-refractivity contribution in [3.05, 3.63) is 36.5 Å². The number of aromatic nitrogens is 1. The Balaban J connectivity index is 2.86. The first kappa shape index (κ1) is 8.74. The van der Waals surface area contributed by atoms with Gasteiger partial charge in [-0.3, -0.25) is 0 Å². The maximum atomic E-state index is 5.82. The molecule has 0 aliphatic carbocycles. The van der Waals surface area contributed by atoms with Crippen LogP contribution in [0.25, 0.3) is 0 Å². The third-order valence-electron chi connectivity index (χ3n) is 1.69. The summed E-state index contributed by atoms with van der Waals surface area (Å²) in [4.78, 5) is 3.95. The Bertz CT molecular complexity index is 270.